The Hall–Kier alpha value is -1.53. The first kappa shape index (κ1) is 11.0. The zero-order valence-corrected chi connectivity index (χ0v) is 9.34. The summed E-state index contributed by atoms with van der Waals surface area (Å²) in [6.45, 7) is 0. The molecule has 0 amide bonds. The molecule has 84 valence electrons. The van der Waals surface area contributed by atoms with Crippen LogP contribution in [0, 0.1) is 0 Å². The monoisotopic (exact) mass is 259 g/mol. The number of aromatic amines is 1. The number of halogens is 1. The van der Waals surface area contributed by atoms with E-state index in [-0.39, 0.29) is 21.4 Å². The van der Waals surface area contributed by atoms with Gasteiger partial charge in [-0.25, -0.2) is 13.2 Å². The highest BCUT2D eigenvalue weighted by molar-refractivity contribution is 8.14. The Balaban J connectivity index is 2.87. The zero-order chi connectivity index (χ0) is 11.9. The molecule has 7 heteroatoms. The smallest absolute Gasteiger partial charge is 0.337 e. The molecule has 2 rings (SSSR count). The zero-order valence-electron chi connectivity index (χ0n) is 7.77. The second-order valence-corrected chi connectivity index (χ2v) is 5.66. The SMILES string of the molecule is O=C(O)c1cccc2c(S(=O)(=O)Cl)c[nH]c12. The van der Waals surface area contributed by atoms with Crippen molar-refractivity contribution >= 4 is 36.6 Å². The van der Waals surface area contributed by atoms with E-state index in [9.17, 15) is 13.2 Å². The summed E-state index contributed by atoms with van der Waals surface area (Å²) >= 11 is 0. The van der Waals surface area contributed by atoms with Crippen molar-refractivity contribution in [3.05, 3.63) is 30.0 Å². The first-order valence-electron chi connectivity index (χ1n) is 4.19. The van der Waals surface area contributed by atoms with Crippen LogP contribution in [0.3, 0.4) is 0 Å². The van der Waals surface area contributed by atoms with Gasteiger partial charge in [0, 0.05) is 22.3 Å². The third-order valence-electron chi connectivity index (χ3n) is 2.17. The molecule has 0 atom stereocenters. The summed E-state index contributed by atoms with van der Waals surface area (Å²) in [4.78, 5) is 13.4. The van der Waals surface area contributed by atoms with Gasteiger partial charge >= 0.3 is 5.97 Å². The Morgan fingerprint density at radius 2 is 2.06 bits per heavy atom. The van der Waals surface area contributed by atoms with Crippen LogP contribution in [-0.4, -0.2) is 24.5 Å². The molecular formula is C9H6ClNO4S. The summed E-state index contributed by atoms with van der Waals surface area (Å²) in [7, 11) is 1.34. The van der Waals surface area contributed by atoms with Gasteiger partial charge in [0.2, 0.25) is 0 Å². The lowest BCUT2D eigenvalue weighted by atomic mass is 10.1. The molecule has 2 N–H and O–H groups in total. The third kappa shape index (κ3) is 1.66. The summed E-state index contributed by atoms with van der Waals surface area (Å²) in [6.07, 6.45) is 1.18. The maximum atomic E-state index is 11.2. The van der Waals surface area contributed by atoms with E-state index >= 15 is 0 Å². The van der Waals surface area contributed by atoms with Gasteiger partial charge in [-0.2, -0.15) is 0 Å². The van der Waals surface area contributed by atoms with Gasteiger partial charge in [0.25, 0.3) is 9.05 Å². The van der Waals surface area contributed by atoms with Crippen LogP contribution < -0.4 is 0 Å². The van der Waals surface area contributed by atoms with E-state index in [0.717, 1.165) is 0 Å². The molecule has 1 aromatic heterocycles. The second-order valence-electron chi connectivity index (χ2n) is 3.12. The van der Waals surface area contributed by atoms with Gasteiger partial charge in [0.1, 0.15) is 4.90 Å². The van der Waals surface area contributed by atoms with E-state index < -0.39 is 15.0 Å². The topological polar surface area (TPSA) is 87.2 Å². The average molecular weight is 260 g/mol. The molecule has 0 fully saturated rings. The normalized spacial score (nSPS) is 11.8. The average Bonchev–Trinajstić information content (AvgIpc) is 2.59. The van der Waals surface area contributed by atoms with E-state index in [2.05, 4.69) is 4.98 Å². The van der Waals surface area contributed by atoms with Crippen molar-refractivity contribution in [2.75, 3.05) is 0 Å². The Morgan fingerprint density at radius 3 is 2.62 bits per heavy atom. The number of carboxylic acid groups (broad SMARTS) is 1. The van der Waals surface area contributed by atoms with E-state index in [1.54, 1.807) is 0 Å². The van der Waals surface area contributed by atoms with Crippen molar-refractivity contribution in [1.82, 2.24) is 4.98 Å². The van der Waals surface area contributed by atoms with E-state index in [4.69, 9.17) is 15.8 Å². The number of carboxylic acids is 1. The highest BCUT2D eigenvalue weighted by Gasteiger charge is 2.18. The number of hydrogen-bond donors (Lipinski definition) is 2. The lowest BCUT2D eigenvalue weighted by Crippen LogP contribution is -1.97. The molecule has 0 radical (unpaired) electrons. The molecule has 0 aliphatic rings. The molecule has 0 aliphatic carbocycles. The fraction of sp³-hybridized carbons (Fsp3) is 0. The molecule has 0 aliphatic heterocycles. The van der Waals surface area contributed by atoms with Crippen LogP contribution in [0.5, 0.6) is 0 Å². The molecule has 1 heterocycles. The van der Waals surface area contributed by atoms with E-state index in [1.807, 2.05) is 0 Å². The summed E-state index contributed by atoms with van der Waals surface area (Å²) in [6, 6.07) is 4.34. The number of carbonyl (C=O) groups is 1. The molecule has 1 aromatic carbocycles. The number of benzene rings is 1. The van der Waals surface area contributed by atoms with Crippen LogP contribution in [0.1, 0.15) is 10.4 Å². The number of aromatic nitrogens is 1. The number of fused-ring (bicyclic) bond motifs is 1. The Morgan fingerprint density at radius 1 is 1.38 bits per heavy atom. The van der Waals surface area contributed by atoms with Crippen molar-refractivity contribution in [2.24, 2.45) is 0 Å². The lowest BCUT2D eigenvalue weighted by molar-refractivity contribution is 0.0699. The number of aromatic carboxylic acids is 1. The minimum Gasteiger partial charge on any atom is -0.478 e. The molecule has 0 saturated carbocycles. The van der Waals surface area contributed by atoms with Gasteiger partial charge in [-0.15, -0.1) is 0 Å². The fourth-order valence-corrected chi connectivity index (χ4v) is 2.52. The largest absolute Gasteiger partial charge is 0.478 e. The van der Waals surface area contributed by atoms with Crippen LogP contribution in [0.25, 0.3) is 10.9 Å². The first-order chi connectivity index (χ1) is 7.41. The van der Waals surface area contributed by atoms with E-state index in [0.29, 0.717) is 0 Å². The maximum Gasteiger partial charge on any atom is 0.337 e. The Kier molecular flexibility index (Phi) is 2.40. The summed E-state index contributed by atoms with van der Waals surface area (Å²) < 4.78 is 22.4. The van der Waals surface area contributed by atoms with Crippen LogP contribution in [0.15, 0.2) is 29.3 Å². The summed E-state index contributed by atoms with van der Waals surface area (Å²) in [5.41, 5.74) is 0.248. The minimum absolute atomic E-state index is 0.00377. The predicted octanol–water partition coefficient (Wildman–Crippen LogP) is 1.79. The summed E-state index contributed by atoms with van der Waals surface area (Å²) in [5, 5.41) is 9.17. The molecule has 0 spiro atoms. The highest BCUT2D eigenvalue weighted by Crippen LogP contribution is 2.27. The molecule has 16 heavy (non-hydrogen) atoms. The molecular weight excluding hydrogens is 254 g/mol. The number of H-pyrrole nitrogens is 1. The summed E-state index contributed by atoms with van der Waals surface area (Å²) in [5.74, 6) is -1.13. The van der Waals surface area contributed by atoms with Crippen LogP contribution in [0.4, 0.5) is 0 Å². The van der Waals surface area contributed by atoms with Crippen molar-refractivity contribution in [2.45, 2.75) is 4.90 Å². The molecule has 2 aromatic rings. The van der Waals surface area contributed by atoms with Crippen molar-refractivity contribution in [3.8, 4) is 0 Å². The van der Waals surface area contributed by atoms with Gasteiger partial charge < -0.3 is 10.1 Å². The quantitative estimate of drug-likeness (QED) is 0.805. The van der Waals surface area contributed by atoms with Crippen LogP contribution in [0.2, 0.25) is 0 Å². The van der Waals surface area contributed by atoms with Gasteiger partial charge in [-0.3, -0.25) is 0 Å². The number of hydrogen-bond acceptors (Lipinski definition) is 3. The van der Waals surface area contributed by atoms with Gasteiger partial charge in [0.05, 0.1) is 11.1 Å². The van der Waals surface area contributed by atoms with Gasteiger partial charge in [-0.1, -0.05) is 12.1 Å². The molecule has 0 saturated heterocycles. The van der Waals surface area contributed by atoms with Crippen LogP contribution >= 0.6 is 10.7 Å². The van der Waals surface area contributed by atoms with E-state index in [1.165, 1.54) is 24.4 Å². The van der Waals surface area contributed by atoms with Gasteiger partial charge in [-0.05, 0) is 6.07 Å². The number of nitrogens with one attached hydrogen (secondary N) is 1. The van der Waals surface area contributed by atoms with Crippen molar-refractivity contribution < 1.29 is 18.3 Å². The van der Waals surface area contributed by atoms with Crippen molar-refractivity contribution in [3.63, 3.8) is 0 Å². The van der Waals surface area contributed by atoms with Crippen molar-refractivity contribution in [1.29, 1.82) is 0 Å². The highest BCUT2D eigenvalue weighted by atomic mass is 35.7. The predicted molar refractivity (Wildman–Crippen MR) is 58.3 cm³/mol. The molecule has 0 bridgehead atoms. The fourth-order valence-electron chi connectivity index (χ4n) is 1.51. The first-order valence-corrected chi connectivity index (χ1v) is 6.50. The molecule has 5 nitrogen and oxygen atoms in total. The number of rotatable bonds is 2. The minimum atomic E-state index is -3.88. The Bertz CT molecular complexity index is 674. The number of para-hydroxylation sites is 1. The third-order valence-corrected chi connectivity index (χ3v) is 3.53. The van der Waals surface area contributed by atoms with Crippen LogP contribution in [-0.2, 0) is 9.05 Å². The van der Waals surface area contributed by atoms with Gasteiger partial charge in [0.15, 0.2) is 0 Å². The Labute approximate surface area is 95.1 Å². The standard InChI is InChI=1S/C9H6ClNO4S/c10-16(14,15)7-4-11-8-5(7)2-1-3-6(8)9(12)13/h1-4,11H,(H,12,13). The molecule has 0 unspecified atom stereocenters. The second kappa shape index (κ2) is 3.50. The maximum absolute atomic E-state index is 11.2. The lowest BCUT2D eigenvalue weighted by Gasteiger charge is -1.97.